The van der Waals surface area contributed by atoms with Crippen LogP contribution in [-0.2, 0) is 4.79 Å². The molecule has 0 N–H and O–H groups in total. The molecule has 0 saturated heterocycles. The van der Waals surface area contributed by atoms with Crippen LogP contribution >= 0.6 is 0 Å². The van der Waals surface area contributed by atoms with Gasteiger partial charge in [-0.3, -0.25) is 4.79 Å². The minimum absolute atomic E-state index is 0.117. The zero-order valence-electron chi connectivity index (χ0n) is 14.7. The summed E-state index contributed by atoms with van der Waals surface area (Å²) in [7, 11) is -1.82. The molecule has 20 heavy (non-hydrogen) atoms. The van der Waals surface area contributed by atoms with Gasteiger partial charge in [-0.05, 0) is 32.7 Å². The first kappa shape index (κ1) is 19.2. The Morgan fingerprint density at radius 3 is 1.80 bits per heavy atom. The number of nitriles is 1. The lowest BCUT2D eigenvalue weighted by molar-refractivity contribution is -0.134. The van der Waals surface area contributed by atoms with E-state index in [1.807, 2.05) is 32.6 Å². The molecule has 0 aromatic rings. The fourth-order valence-electron chi connectivity index (χ4n) is 2.44. The first-order valence-corrected chi connectivity index (χ1v) is 10.6. The fraction of sp³-hybridized carbons (Fsp3) is 0.875. The van der Waals surface area contributed by atoms with Crippen LogP contribution in [0.5, 0.6) is 0 Å². The van der Waals surface area contributed by atoms with Gasteiger partial charge in [0.2, 0.25) is 5.91 Å². The molecule has 0 rings (SSSR count). The predicted molar refractivity (Wildman–Crippen MR) is 88.3 cm³/mol. The Morgan fingerprint density at radius 1 is 1.15 bits per heavy atom. The minimum Gasteiger partial charge on any atom is -0.338 e. The maximum absolute atomic E-state index is 12.6. The SMILES string of the molecule is CC(C)N(C(=O)CC(C#N)[Si](C)(C)C(C)(C)C)C(C)C. The highest BCUT2D eigenvalue weighted by molar-refractivity contribution is 6.82. The van der Waals surface area contributed by atoms with Crippen LogP contribution in [0.4, 0.5) is 0 Å². The van der Waals surface area contributed by atoms with Crippen molar-refractivity contribution < 1.29 is 4.79 Å². The second-order valence-electron chi connectivity index (χ2n) is 7.85. The molecule has 0 aliphatic carbocycles. The molecular weight excluding hydrogens is 264 g/mol. The minimum atomic E-state index is -1.82. The largest absolute Gasteiger partial charge is 0.338 e. The van der Waals surface area contributed by atoms with Gasteiger partial charge in [-0.15, -0.1) is 0 Å². The van der Waals surface area contributed by atoms with Gasteiger partial charge >= 0.3 is 0 Å². The molecule has 0 aliphatic heterocycles. The molecule has 0 heterocycles. The van der Waals surface area contributed by atoms with Crippen LogP contribution in [-0.4, -0.2) is 31.0 Å². The zero-order valence-corrected chi connectivity index (χ0v) is 15.7. The van der Waals surface area contributed by atoms with Gasteiger partial charge in [0.05, 0.1) is 14.1 Å². The molecule has 0 aliphatic rings. The summed E-state index contributed by atoms with van der Waals surface area (Å²) in [6.07, 6.45) is 0.364. The lowest BCUT2D eigenvalue weighted by atomic mass is 10.2. The first-order chi connectivity index (χ1) is 8.86. The number of carbonyl (C=O) groups excluding carboxylic acids is 1. The van der Waals surface area contributed by atoms with E-state index in [4.69, 9.17) is 0 Å². The lowest BCUT2D eigenvalue weighted by Crippen LogP contribution is -2.46. The maximum atomic E-state index is 12.6. The molecular formula is C16H32N2OSi. The van der Waals surface area contributed by atoms with E-state index in [-0.39, 0.29) is 28.6 Å². The summed E-state index contributed by atoms with van der Waals surface area (Å²) >= 11 is 0. The number of amides is 1. The van der Waals surface area contributed by atoms with Crippen LogP contribution in [0.2, 0.25) is 23.7 Å². The topological polar surface area (TPSA) is 44.1 Å². The molecule has 0 radical (unpaired) electrons. The van der Waals surface area contributed by atoms with Gasteiger partial charge in [0, 0.05) is 24.0 Å². The van der Waals surface area contributed by atoms with Gasteiger partial charge in [-0.2, -0.15) is 5.26 Å². The lowest BCUT2D eigenvalue weighted by Gasteiger charge is -2.41. The summed E-state index contributed by atoms with van der Waals surface area (Å²) in [5.41, 5.74) is -0.130. The molecule has 1 unspecified atom stereocenters. The van der Waals surface area contributed by atoms with Gasteiger partial charge in [0.25, 0.3) is 0 Å². The number of hydrogen-bond donors (Lipinski definition) is 0. The maximum Gasteiger partial charge on any atom is 0.224 e. The van der Waals surface area contributed by atoms with E-state index in [1.54, 1.807) is 0 Å². The van der Waals surface area contributed by atoms with E-state index < -0.39 is 8.07 Å². The predicted octanol–water partition coefficient (Wildman–Crippen LogP) is 4.42. The Labute approximate surface area is 126 Å². The summed E-state index contributed by atoms with van der Waals surface area (Å²) < 4.78 is 0. The fourth-order valence-corrected chi connectivity index (χ4v) is 4.49. The molecule has 1 atom stereocenters. The molecule has 0 aromatic carbocycles. The van der Waals surface area contributed by atoms with E-state index >= 15 is 0 Å². The van der Waals surface area contributed by atoms with Gasteiger partial charge in [-0.25, -0.2) is 0 Å². The highest BCUT2D eigenvalue weighted by Crippen LogP contribution is 2.44. The Bertz CT molecular complexity index is 367. The van der Waals surface area contributed by atoms with Crippen molar-refractivity contribution in [1.82, 2.24) is 4.90 Å². The van der Waals surface area contributed by atoms with Crippen molar-refractivity contribution in [3.8, 4) is 6.07 Å². The third-order valence-electron chi connectivity index (χ3n) is 4.74. The van der Waals surface area contributed by atoms with Crippen molar-refractivity contribution in [2.45, 2.75) is 90.6 Å². The molecule has 0 fully saturated rings. The van der Waals surface area contributed by atoms with Gasteiger partial charge in [-0.1, -0.05) is 33.9 Å². The average Bonchev–Trinajstić information content (AvgIpc) is 2.22. The molecule has 3 nitrogen and oxygen atoms in total. The van der Waals surface area contributed by atoms with Crippen LogP contribution in [0.15, 0.2) is 0 Å². The molecule has 4 heteroatoms. The van der Waals surface area contributed by atoms with Crippen LogP contribution in [0.3, 0.4) is 0 Å². The summed E-state index contributed by atoms with van der Waals surface area (Å²) in [5, 5.41) is 9.67. The standard InChI is InChI=1S/C16H32N2OSi/c1-12(2)18(13(3)4)15(19)10-14(11-17)20(8,9)16(5,6)7/h12-14H,10H2,1-9H3. The Hall–Kier alpha value is -0.823. The summed E-state index contributed by atoms with van der Waals surface area (Å²) in [4.78, 5) is 14.5. The number of hydrogen-bond acceptors (Lipinski definition) is 2. The van der Waals surface area contributed by atoms with E-state index in [0.29, 0.717) is 6.42 Å². The summed E-state index contributed by atoms with van der Waals surface area (Å²) in [6, 6.07) is 2.79. The third-order valence-corrected chi connectivity index (χ3v) is 10.7. The van der Waals surface area contributed by atoms with Crippen LogP contribution in [0.1, 0.15) is 54.9 Å². The van der Waals surface area contributed by atoms with Crippen molar-refractivity contribution in [2.24, 2.45) is 0 Å². The van der Waals surface area contributed by atoms with Gasteiger partial charge in [0.1, 0.15) is 0 Å². The summed E-state index contributed by atoms with van der Waals surface area (Å²) in [6.45, 7) is 19.2. The molecule has 116 valence electrons. The first-order valence-electron chi connectivity index (χ1n) is 7.57. The highest BCUT2D eigenvalue weighted by Gasteiger charge is 2.43. The van der Waals surface area contributed by atoms with Crippen LogP contribution in [0.25, 0.3) is 0 Å². The average molecular weight is 297 g/mol. The molecule has 0 saturated carbocycles. The van der Waals surface area contributed by atoms with Gasteiger partial charge in [0.15, 0.2) is 0 Å². The van der Waals surface area contributed by atoms with Gasteiger partial charge < -0.3 is 4.90 Å². The number of nitrogens with zero attached hydrogens (tertiary/aromatic N) is 2. The Balaban J connectivity index is 5.18. The second kappa shape index (κ2) is 6.75. The number of rotatable bonds is 5. The molecule has 0 spiro atoms. The van der Waals surface area contributed by atoms with Crippen molar-refractivity contribution >= 4 is 14.0 Å². The monoisotopic (exact) mass is 296 g/mol. The molecule has 0 bridgehead atoms. The Morgan fingerprint density at radius 2 is 1.55 bits per heavy atom. The van der Waals surface area contributed by atoms with E-state index in [2.05, 4.69) is 39.9 Å². The van der Waals surface area contributed by atoms with Crippen molar-refractivity contribution in [2.75, 3.05) is 0 Å². The third kappa shape index (κ3) is 4.34. The van der Waals surface area contributed by atoms with Crippen molar-refractivity contribution in [3.05, 3.63) is 0 Å². The molecule has 1 amide bonds. The normalized spacial score (nSPS) is 14.3. The molecule has 0 aromatic heterocycles. The van der Waals surface area contributed by atoms with Crippen molar-refractivity contribution in [3.63, 3.8) is 0 Å². The van der Waals surface area contributed by atoms with E-state index in [0.717, 1.165) is 0 Å². The highest BCUT2D eigenvalue weighted by atomic mass is 28.3. The van der Waals surface area contributed by atoms with Crippen LogP contribution in [0, 0.1) is 11.3 Å². The second-order valence-corrected chi connectivity index (χ2v) is 13.5. The van der Waals surface area contributed by atoms with E-state index in [9.17, 15) is 10.1 Å². The van der Waals surface area contributed by atoms with E-state index in [1.165, 1.54) is 0 Å². The smallest absolute Gasteiger partial charge is 0.224 e. The zero-order chi connectivity index (χ0) is 16.3. The quantitative estimate of drug-likeness (QED) is 0.705. The Kier molecular flexibility index (Phi) is 6.48. The summed E-state index contributed by atoms with van der Waals surface area (Å²) in [5.74, 6) is 0.117. The number of carbonyl (C=O) groups is 1. The van der Waals surface area contributed by atoms with Crippen molar-refractivity contribution in [1.29, 1.82) is 5.26 Å². The van der Waals surface area contributed by atoms with Crippen LogP contribution < -0.4 is 0 Å².